The standard InChI is InChI=1S/C21H21N3/c1-23-21(19-10-6-3-7-11-19)24-20(22)18-14-12-17(13-15-18)16-8-4-2-5-9-16/h2-15,20H,22H2,1H3,(H,23,24). The van der Waals surface area contributed by atoms with Crippen molar-refractivity contribution in [2.24, 2.45) is 10.7 Å². The van der Waals surface area contributed by atoms with Crippen LogP contribution < -0.4 is 11.1 Å². The maximum atomic E-state index is 6.27. The molecule has 1 unspecified atom stereocenters. The van der Waals surface area contributed by atoms with E-state index >= 15 is 0 Å². The molecule has 0 amide bonds. The van der Waals surface area contributed by atoms with Crippen LogP contribution in [0.25, 0.3) is 11.1 Å². The van der Waals surface area contributed by atoms with Gasteiger partial charge in [0, 0.05) is 12.6 Å². The summed E-state index contributed by atoms with van der Waals surface area (Å²) in [4.78, 5) is 4.62. The summed E-state index contributed by atoms with van der Waals surface area (Å²) < 4.78 is 0. The van der Waals surface area contributed by atoms with Crippen LogP contribution in [0.5, 0.6) is 0 Å². The highest BCUT2D eigenvalue weighted by molar-refractivity contribution is 5.98. The first-order chi connectivity index (χ1) is 11.8. The Morgan fingerprint density at radius 1 is 0.792 bits per heavy atom. The summed E-state index contributed by atoms with van der Waals surface area (Å²) >= 11 is 0. The second kappa shape index (κ2) is 7.57. The highest BCUT2D eigenvalue weighted by Crippen LogP contribution is 2.21. The molecule has 1 atom stereocenters. The Labute approximate surface area is 142 Å². The largest absolute Gasteiger partial charge is 0.373 e. The van der Waals surface area contributed by atoms with E-state index in [0.29, 0.717) is 0 Å². The zero-order valence-corrected chi connectivity index (χ0v) is 13.7. The molecular formula is C21H21N3. The van der Waals surface area contributed by atoms with E-state index in [2.05, 4.69) is 34.6 Å². The zero-order valence-electron chi connectivity index (χ0n) is 13.7. The van der Waals surface area contributed by atoms with E-state index in [0.717, 1.165) is 17.0 Å². The highest BCUT2D eigenvalue weighted by atomic mass is 15.0. The monoisotopic (exact) mass is 315 g/mol. The van der Waals surface area contributed by atoms with Gasteiger partial charge in [0.25, 0.3) is 0 Å². The topological polar surface area (TPSA) is 50.4 Å². The second-order valence-electron chi connectivity index (χ2n) is 5.53. The molecule has 0 aliphatic rings. The number of nitrogens with zero attached hydrogens (tertiary/aromatic N) is 1. The number of hydrogen-bond donors (Lipinski definition) is 2. The number of nitrogens with two attached hydrogens (primary N) is 1. The number of aliphatic imine (C=N–C) groups is 1. The van der Waals surface area contributed by atoms with E-state index in [9.17, 15) is 0 Å². The molecule has 0 heterocycles. The van der Waals surface area contributed by atoms with Crippen molar-refractivity contribution in [3.8, 4) is 11.1 Å². The molecule has 120 valence electrons. The lowest BCUT2D eigenvalue weighted by atomic mass is 10.0. The van der Waals surface area contributed by atoms with Gasteiger partial charge in [-0.3, -0.25) is 0 Å². The maximum Gasteiger partial charge on any atom is 0.130 e. The lowest BCUT2D eigenvalue weighted by Crippen LogP contribution is -2.22. The van der Waals surface area contributed by atoms with Gasteiger partial charge in [-0.25, -0.2) is 4.99 Å². The normalized spacial score (nSPS) is 12.7. The van der Waals surface area contributed by atoms with Crippen LogP contribution in [0.3, 0.4) is 0 Å². The third kappa shape index (κ3) is 3.70. The third-order valence-electron chi connectivity index (χ3n) is 3.91. The van der Waals surface area contributed by atoms with Gasteiger partial charge in [0.2, 0.25) is 0 Å². The van der Waals surface area contributed by atoms with E-state index in [4.69, 9.17) is 5.73 Å². The van der Waals surface area contributed by atoms with Crippen molar-refractivity contribution in [1.82, 2.24) is 5.32 Å². The molecule has 0 saturated carbocycles. The molecule has 3 rings (SSSR count). The SMILES string of the molecule is CN/C(=N\C(N)c1ccc(-c2ccccc2)cc1)c1ccccc1. The first kappa shape index (κ1) is 16.0. The van der Waals surface area contributed by atoms with Crippen molar-refractivity contribution in [2.75, 3.05) is 7.05 Å². The minimum absolute atomic E-state index is 0.405. The van der Waals surface area contributed by atoms with Gasteiger partial charge in [0.05, 0.1) is 0 Å². The van der Waals surface area contributed by atoms with Crippen LogP contribution in [0.1, 0.15) is 17.3 Å². The summed E-state index contributed by atoms with van der Waals surface area (Å²) in [6.07, 6.45) is -0.405. The summed E-state index contributed by atoms with van der Waals surface area (Å²) in [6, 6.07) is 28.5. The fraction of sp³-hybridized carbons (Fsp3) is 0.0952. The van der Waals surface area contributed by atoms with Crippen molar-refractivity contribution in [1.29, 1.82) is 0 Å². The van der Waals surface area contributed by atoms with E-state index in [1.807, 2.05) is 67.7 Å². The molecule has 3 aromatic rings. The highest BCUT2D eigenvalue weighted by Gasteiger charge is 2.08. The molecular weight excluding hydrogens is 294 g/mol. The minimum atomic E-state index is -0.405. The van der Waals surface area contributed by atoms with E-state index in [-0.39, 0.29) is 0 Å². The summed E-state index contributed by atoms with van der Waals surface area (Å²) in [5.41, 5.74) is 10.6. The van der Waals surface area contributed by atoms with Crippen molar-refractivity contribution >= 4 is 5.84 Å². The molecule has 3 heteroatoms. The quantitative estimate of drug-likeness (QED) is 0.565. The van der Waals surface area contributed by atoms with Crippen LogP contribution in [-0.4, -0.2) is 12.9 Å². The van der Waals surface area contributed by atoms with Gasteiger partial charge in [-0.05, 0) is 16.7 Å². The van der Waals surface area contributed by atoms with Crippen LogP contribution in [0.4, 0.5) is 0 Å². The van der Waals surface area contributed by atoms with Gasteiger partial charge in [0.1, 0.15) is 12.0 Å². The number of benzene rings is 3. The number of rotatable bonds is 4. The molecule has 3 aromatic carbocycles. The first-order valence-electron chi connectivity index (χ1n) is 8.00. The average molecular weight is 315 g/mol. The van der Waals surface area contributed by atoms with Gasteiger partial charge in [-0.2, -0.15) is 0 Å². The van der Waals surface area contributed by atoms with Crippen LogP contribution in [0.2, 0.25) is 0 Å². The molecule has 0 aliphatic heterocycles. The van der Waals surface area contributed by atoms with Crippen molar-refractivity contribution in [2.45, 2.75) is 6.17 Å². The lowest BCUT2D eigenvalue weighted by Gasteiger charge is -2.12. The summed E-state index contributed by atoms with van der Waals surface area (Å²) in [5.74, 6) is 0.787. The second-order valence-corrected chi connectivity index (χ2v) is 5.53. The van der Waals surface area contributed by atoms with E-state index in [1.165, 1.54) is 11.1 Å². The minimum Gasteiger partial charge on any atom is -0.373 e. The fourth-order valence-electron chi connectivity index (χ4n) is 2.60. The average Bonchev–Trinajstić information content (AvgIpc) is 2.67. The smallest absolute Gasteiger partial charge is 0.130 e. The molecule has 0 saturated heterocycles. The Balaban J connectivity index is 1.82. The molecule has 0 aromatic heterocycles. The predicted octanol–water partition coefficient (Wildman–Crippen LogP) is 3.98. The molecule has 0 spiro atoms. The molecule has 3 nitrogen and oxygen atoms in total. The van der Waals surface area contributed by atoms with E-state index < -0.39 is 6.17 Å². The maximum absolute atomic E-state index is 6.27. The summed E-state index contributed by atoms with van der Waals surface area (Å²) in [6.45, 7) is 0. The Hall–Kier alpha value is -2.91. The molecule has 24 heavy (non-hydrogen) atoms. The number of amidine groups is 1. The van der Waals surface area contributed by atoms with Gasteiger partial charge >= 0.3 is 0 Å². The molecule has 3 N–H and O–H groups in total. The van der Waals surface area contributed by atoms with Gasteiger partial charge in [-0.1, -0.05) is 84.9 Å². The fourth-order valence-corrected chi connectivity index (χ4v) is 2.60. The van der Waals surface area contributed by atoms with Crippen LogP contribution in [-0.2, 0) is 0 Å². The van der Waals surface area contributed by atoms with Crippen molar-refractivity contribution in [3.05, 3.63) is 96.1 Å². The first-order valence-corrected chi connectivity index (χ1v) is 8.00. The van der Waals surface area contributed by atoms with Crippen LogP contribution in [0, 0.1) is 0 Å². The summed E-state index contributed by atoms with van der Waals surface area (Å²) in [5, 5.41) is 3.13. The van der Waals surface area contributed by atoms with Crippen LogP contribution >= 0.6 is 0 Å². The van der Waals surface area contributed by atoms with Gasteiger partial charge in [0.15, 0.2) is 0 Å². The Morgan fingerprint density at radius 3 is 1.92 bits per heavy atom. The van der Waals surface area contributed by atoms with Gasteiger partial charge in [-0.15, -0.1) is 0 Å². The van der Waals surface area contributed by atoms with Crippen molar-refractivity contribution < 1.29 is 0 Å². The Morgan fingerprint density at radius 2 is 1.33 bits per heavy atom. The number of nitrogens with one attached hydrogen (secondary N) is 1. The molecule has 0 aliphatic carbocycles. The van der Waals surface area contributed by atoms with E-state index in [1.54, 1.807) is 0 Å². The Bertz CT molecular complexity index is 794. The molecule has 0 bridgehead atoms. The molecule has 0 radical (unpaired) electrons. The Kier molecular flexibility index (Phi) is 5.04. The summed E-state index contributed by atoms with van der Waals surface area (Å²) in [7, 11) is 1.86. The predicted molar refractivity (Wildman–Crippen MR) is 101 cm³/mol. The van der Waals surface area contributed by atoms with Crippen molar-refractivity contribution in [3.63, 3.8) is 0 Å². The zero-order chi connectivity index (χ0) is 16.8. The lowest BCUT2D eigenvalue weighted by molar-refractivity contribution is 0.769. The third-order valence-corrected chi connectivity index (χ3v) is 3.91. The van der Waals surface area contributed by atoms with Gasteiger partial charge < -0.3 is 11.1 Å². The number of hydrogen-bond acceptors (Lipinski definition) is 2. The molecule has 0 fully saturated rings. The van der Waals surface area contributed by atoms with Crippen LogP contribution in [0.15, 0.2) is 89.9 Å².